The molecule has 1 heterocycles. The van der Waals surface area contributed by atoms with Crippen LogP contribution in [0, 0.1) is 13.8 Å². The summed E-state index contributed by atoms with van der Waals surface area (Å²) < 4.78 is 7.24. The summed E-state index contributed by atoms with van der Waals surface area (Å²) in [6.07, 6.45) is 1.04. The van der Waals surface area contributed by atoms with Gasteiger partial charge in [0.25, 0.3) is 0 Å². The number of likely N-dealkylation sites (N-methyl/N-ethyl adjacent to an activating group) is 1. The first-order valence-corrected chi connectivity index (χ1v) is 5.80. The van der Waals surface area contributed by atoms with Gasteiger partial charge in [-0.15, -0.1) is 0 Å². The molecule has 0 spiro atoms. The zero-order valence-electron chi connectivity index (χ0n) is 11.0. The van der Waals surface area contributed by atoms with Crippen molar-refractivity contribution in [2.24, 2.45) is 0 Å². The third-order valence-electron chi connectivity index (χ3n) is 2.93. The normalized spacial score (nSPS) is 13.1. The molecule has 1 aromatic rings. The molecule has 92 valence electrons. The van der Waals surface area contributed by atoms with E-state index in [9.17, 15) is 0 Å². The van der Waals surface area contributed by atoms with Crippen LogP contribution in [0.4, 0.5) is 0 Å². The third-order valence-corrected chi connectivity index (χ3v) is 2.93. The lowest BCUT2D eigenvalue weighted by Gasteiger charge is -2.13. The maximum Gasteiger partial charge on any atom is 0.0727 e. The Bertz CT molecular complexity index is 333. The Morgan fingerprint density at radius 3 is 2.69 bits per heavy atom. The molecule has 0 aliphatic heterocycles. The van der Waals surface area contributed by atoms with Crippen molar-refractivity contribution in [1.29, 1.82) is 0 Å². The van der Waals surface area contributed by atoms with Gasteiger partial charge in [0.15, 0.2) is 0 Å². The highest BCUT2D eigenvalue weighted by atomic mass is 16.5. The van der Waals surface area contributed by atoms with E-state index in [-0.39, 0.29) is 0 Å². The zero-order chi connectivity index (χ0) is 12.1. The molecule has 1 N–H and O–H groups in total. The SMILES string of the molecule is CNCCc1c(C)nn(C(C)COC)c1C. The standard InChI is InChI=1S/C12H23N3O/c1-9(8-16-5)15-11(3)12(6-7-13-4)10(2)14-15/h9,13H,6-8H2,1-5H3. The molecule has 0 aliphatic carbocycles. The fourth-order valence-electron chi connectivity index (χ4n) is 2.05. The molecule has 0 radical (unpaired) electrons. The Morgan fingerprint density at radius 1 is 1.44 bits per heavy atom. The van der Waals surface area contributed by atoms with Crippen molar-refractivity contribution in [1.82, 2.24) is 15.1 Å². The lowest BCUT2D eigenvalue weighted by molar-refractivity contribution is 0.156. The summed E-state index contributed by atoms with van der Waals surface area (Å²) in [6.45, 7) is 8.04. The Hall–Kier alpha value is -0.870. The van der Waals surface area contributed by atoms with Gasteiger partial charge in [0.1, 0.15) is 0 Å². The van der Waals surface area contributed by atoms with Crippen LogP contribution in [0.3, 0.4) is 0 Å². The van der Waals surface area contributed by atoms with E-state index in [1.165, 1.54) is 11.3 Å². The number of hydrogen-bond donors (Lipinski definition) is 1. The minimum atomic E-state index is 0.298. The molecule has 4 heteroatoms. The fourth-order valence-corrected chi connectivity index (χ4v) is 2.05. The molecule has 1 unspecified atom stereocenters. The van der Waals surface area contributed by atoms with Crippen LogP contribution in [0.15, 0.2) is 0 Å². The van der Waals surface area contributed by atoms with Gasteiger partial charge in [-0.1, -0.05) is 0 Å². The summed E-state index contributed by atoms with van der Waals surface area (Å²) in [4.78, 5) is 0. The number of hydrogen-bond acceptors (Lipinski definition) is 3. The van der Waals surface area contributed by atoms with E-state index in [1.807, 2.05) is 7.05 Å². The Kier molecular flexibility index (Phi) is 4.96. The van der Waals surface area contributed by atoms with Gasteiger partial charge in [-0.2, -0.15) is 5.10 Å². The van der Waals surface area contributed by atoms with Crippen molar-refractivity contribution >= 4 is 0 Å². The van der Waals surface area contributed by atoms with Gasteiger partial charge in [0.05, 0.1) is 18.3 Å². The number of methoxy groups -OCH3 is 1. The molecule has 0 saturated heterocycles. The monoisotopic (exact) mass is 225 g/mol. The number of ether oxygens (including phenoxy) is 1. The number of nitrogens with one attached hydrogen (secondary N) is 1. The summed E-state index contributed by atoms with van der Waals surface area (Å²) in [7, 11) is 3.70. The van der Waals surface area contributed by atoms with Crippen molar-refractivity contribution in [3.8, 4) is 0 Å². The van der Waals surface area contributed by atoms with Crippen molar-refractivity contribution < 1.29 is 4.74 Å². The van der Waals surface area contributed by atoms with Crippen LogP contribution in [0.5, 0.6) is 0 Å². The molecule has 0 bridgehead atoms. The first-order valence-electron chi connectivity index (χ1n) is 5.80. The van der Waals surface area contributed by atoms with Gasteiger partial charge in [0.2, 0.25) is 0 Å². The van der Waals surface area contributed by atoms with E-state index in [4.69, 9.17) is 4.74 Å². The molecule has 16 heavy (non-hydrogen) atoms. The summed E-state index contributed by atoms with van der Waals surface area (Å²) in [5.41, 5.74) is 3.75. The highest BCUT2D eigenvalue weighted by molar-refractivity contribution is 5.25. The summed E-state index contributed by atoms with van der Waals surface area (Å²) in [5.74, 6) is 0. The van der Waals surface area contributed by atoms with Gasteiger partial charge in [0, 0.05) is 12.8 Å². The third kappa shape index (κ3) is 2.83. The Balaban J connectivity index is 2.87. The van der Waals surface area contributed by atoms with Crippen LogP contribution in [0.1, 0.15) is 29.9 Å². The average molecular weight is 225 g/mol. The maximum absolute atomic E-state index is 5.17. The highest BCUT2D eigenvalue weighted by Gasteiger charge is 2.14. The van der Waals surface area contributed by atoms with Crippen molar-refractivity contribution in [3.05, 3.63) is 17.0 Å². The van der Waals surface area contributed by atoms with Gasteiger partial charge >= 0.3 is 0 Å². The van der Waals surface area contributed by atoms with Gasteiger partial charge < -0.3 is 10.1 Å². The molecular weight excluding hydrogens is 202 g/mol. The Labute approximate surface area is 98.0 Å². The molecule has 4 nitrogen and oxygen atoms in total. The molecule has 0 fully saturated rings. The quantitative estimate of drug-likeness (QED) is 0.797. The van der Waals surface area contributed by atoms with Crippen LogP contribution in [-0.2, 0) is 11.2 Å². The smallest absolute Gasteiger partial charge is 0.0727 e. The first kappa shape index (κ1) is 13.2. The lowest BCUT2D eigenvalue weighted by atomic mass is 10.1. The van der Waals surface area contributed by atoms with E-state index < -0.39 is 0 Å². The van der Waals surface area contributed by atoms with Crippen LogP contribution < -0.4 is 5.32 Å². The molecule has 0 aromatic carbocycles. The number of nitrogens with zero attached hydrogens (tertiary/aromatic N) is 2. The van der Waals surface area contributed by atoms with Crippen molar-refractivity contribution in [3.63, 3.8) is 0 Å². The van der Waals surface area contributed by atoms with E-state index >= 15 is 0 Å². The summed E-state index contributed by atoms with van der Waals surface area (Å²) in [5, 5.41) is 7.76. The van der Waals surface area contributed by atoms with Crippen LogP contribution in [0.25, 0.3) is 0 Å². The van der Waals surface area contributed by atoms with Crippen LogP contribution in [0.2, 0.25) is 0 Å². The van der Waals surface area contributed by atoms with E-state index in [0.29, 0.717) is 12.6 Å². The second-order valence-electron chi connectivity index (χ2n) is 4.25. The largest absolute Gasteiger partial charge is 0.382 e. The summed E-state index contributed by atoms with van der Waals surface area (Å²) in [6, 6.07) is 0.298. The predicted octanol–water partition coefficient (Wildman–Crippen LogP) is 1.47. The van der Waals surface area contributed by atoms with E-state index in [2.05, 4.69) is 35.9 Å². The molecule has 1 atom stereocenters. The zero-order valence-corrected chi connectivity index (χ0v) is 11.0. The van der Waals surface area contributed by atoms with Gasteiger partial charge in [-0.3, -0.25) is 4.68 Å². The van der Waals surface area contributed by atoms with Gasteiger partial charge in [-0.05, 0) is 46.3 Å². The Morgan fingerprint density at radius 2 is 2.12 bits per heavy atom. The van der Waals surface area contributed by atoms with Crippen molar-refractivity contribution in [2.45, 2.75) is 33.2 Å². The minimum absolute atomic E-state index is 0.298. The second-order valence-corrected chi connectivity index (χ2v) is 4.25. The summed E-state index contributed by atoms with van der Waals surface area (Å²) >= 11 is 0. The van der Waals surface area contributed by atoms with Crippen LogP contribution in [-0.4, -0.2) is 37.1 Å². The van der Waals surface area contributed by atoms with Crippen LogP contribution >= 0.6 is 0 Å². The van der Waals surface area contributed by atoms with E-state index in [0.717, 1.165) is 18.7 Å². The molecule has 0 saturated carbocycles. The lowest BCUT2D eigenvalue weighted by Crippen LogP contribution is -2.15. The highest BCUT2D eigenvalue weighted by Crippen LogP contribution is 2.17. The molecule has 1 rings (SSSR count). The van der Waals surface area contributed by atoms with E-state index in [1.54, 1.807) is 7.11 Å². The maximum atomic E-state index is 5.17. The number of aromatic nitrogens is 2. The minimum Gasteiger partial charge on any atom is -0.382 e. The average Bonchev–Trinajstić information content (AvgIpc) is 2.53. The number of aryl methyl sites for hydroxylation is 1. The van der Waals surface area contributed by atoms with Gasteiger partial charge in [-0.25, -0.2) is 0 Å². The molecule has 0 amide bonds. The molecular formula is C12H23N3O. The van der Waals surface area contributed by atoms with Crippen molar-refractivity contribution in [2.75, 3.05) is 27.3 Å². The second kappa shape index (κ2) is 6.01. The molecule has 0 aliphatic rings. The topological polar surface area (TPSA) is 39.1 Å². The fraction of sp³-hybridized carbons (Fsp3) is 0.750. The molecule has 1 aromatic heterocycles. The first-order chi connectivity index (χ1) is 7.61. The number of rotatable bonds is 6. The predicted molar refractivity (Wildman–Crippen MR) is 65.9 cm³/mol.